The summed E-state index contributed by atoms with van der Waals surface area (Å²) >= 11 is 6.00. The highest BCUT2D eigenvalue weighted by Gasteiger charge is 2.11. The highest BCUT2D eigenvalue weighted by molar-refractivity contribution is 6.30. The van der Waals surface area contributed by atoms with Crippen molar-refractivity contribution >= 4 is 22.4 Å². The minimum atomic E-state index is 0.719. The monoisotopic (exact) mass is 330 g/mol. The second-order valence-corrected chi connectivity index (χ2v) is 6.15. The molecule has 0 amide bonds. The molecule has 0 unspecified atom stereocenters. The zero-order chi connectivity index (χ0) is 16.4. The van der Waals surface area contributed by atoms with Gasteiger partial charge in [-0.05, 0) is 17.7 Å². The van der Waals surface area contributed by atoms with E-state index in [4.69, 9.17) is 11.6 Å². The van der Waals surface area contributed by atoms with Crippen molar-refractivity contribution < 1.29 is 0 Å². The summed E-state index contributed by atoms with van der Waals surface area (Å²) in [5.41, 5.74) is 4.14. The van der Waals surface area contributed by atoms with E-state index >= 15 is 0 Å². The first-order valence-electron chi connectivity index (χ1n) is 7.85. The van der Waals surface area contributed by atoms with E-state index in [-0.39, 0.29) is 0 Å². The minimum Gasteiger partial charge on any atom is -0.154 e. The van der Waals surface area contributed by atoms with Crippen LogP contribution in [0.2, 0.25) is 5.02 Å². The topological polar surface area (TPSA) is 25.8 Å². The Morgan fingerprint density at radius 1 is 0.667 bits per heavy atom. The molecule has 3 aromatic carbocycles. The van der Waals surface area contributed by atoms with Gasteiger partial charge in [0.1, 0.15) is 5.69 Å². The summed E-state index contributed by atoms with van der Waals surface area (Å²) in [6, 6.07) is 26.4. The molecule has 0 radical (unpaired) electrons. The Labute approximate surface area is 145 Å². The van der Waals surface area contributed by atoms with E-state index in [9.17, 15) is 0 Å². The van der Waals surface area contributed by atoms with Gasteiger partial charge in [0.25, 0.3) is 0 Å². The number of rotatable bonds is 3. The summed E-state index contributed by atoms with van der Waals surface area (Å²) in [4.78, 5) is 0. The molecule has 0 spiro atoms. The van der Waals surface area contributed by atoms with E-state index in [0.29, 0.717) is 0 Å². The quantitative estimate of drug-likeness (QED) is 0.493. The van der Waals surface area contributed by atoms with Crippen LogP contribution in [0.4, 0.5) is 0 Å². The summed E-state index contributed by atoms with van der Waals surface area (Å²) in [6.07, 6.45) is 0.773. The Balaban J connectivity index is 1.84. The lowest BCUT2D eigenvalue weighted by atomic mass is 10.0. The normalized spacial score (nSPS) is 10.9. The molecule has 2 nitrogen and oxygen atoms in total. The smallest absolute Gasteiger partial charge is 0.101 e. The number of hydrogen-bond donors (Lipinski definition) is 0. The van der Waals surface area contributed by atoms with Crippen molar-refractivity contribution in [2.45, 2.75) is 6.42 Å². The Hall–Kier alpha value is -2.71. The van der Waals surface area contributed by atoms with E-state index in [1.165, 1.54) is 5.56 Å². The van der Waals surface area contributed by atoms with Gasteiger partial charge in [0.15, 0.2) is 0 Å². The Bertz CT molecular complexity index is 980. The lowest BCUT2D eigenvalue weighted by molar-refractivity contribution is 0.963. The molecule has 1 aromatic heterocycles. The zero-order valence-corrected chi connectivity index (χ0v) is 13.7. The van der Waals surface area contributed by atoms with Gasteiger partial charge in [0, 0.05) is 27.8 Å². The van der Waals surface area contributed by atoms with Crippen LogP contribution in [0.3, 0.4) is 0 Å². The highest BCUT2D eigenvalue weighted by Crippen LogP contribution is 2.29. The van der Waals surface area contributed by atoms with Crippen LogP contribution in [-0.4, -0.2) is 10.2 Å². The maximum atomic E-state index is 6.00. The first-order valence-corrected chi connectivity index (χ1v) is 8.23. The molecule has 4 aromatic rings. The van der Waals surface area contributed by atoms with Crippen molar-refractivity contribution in [3.8, 4) is 11.3 Å². The van der Waals surface area contributed by atoms with E-state index in [0.717, 1.165) is 39.2 Å². The number of hydrogen-bond acceptors (Lipinski definition) is 2. The highest BCUT2D eigenvalue weighted by atomic mass is 35.5. The largest absolute Gasteiger partial charge is 0.154 e. The van der Waals surface area contributed by atoms with Crippen molar-refractivity contribution in [2.75, 3.05) is 0 Å². The average molecular weight is 331 g/mol. The lowest BCUT2D eigenvalue weighted by Crippen LogP contribution is -1.99. The number of halogens is 1. The van der Waals surface area contributed by atoms with Gasteiger partial charge in [-0.2, -0.15) is 5.10 Å². The summed E-state index contributed by atoms with van der Waals surface area (Å²) in [5.74, 6) is 0. The van der Waals surface area contributed by atoms with Crippen LogP contribution in [-0.2, 0) is 6.42 Å². The Morgan fingerprint density at radius 3 is 2.08 bits per heavy atom. The van der Waals surface area contributed by atoms with Crippen LogP contribution in [0.1, 0.15) is 11.3 Å². The van der Waals surface area contributed by atoms with Crippen LogP contribution < -0.4 is 0 Å². The van der Waals surface area contributed by atoms with Gasteiger partial charge in [-0.25, -0.2) is 0 Å². The average Bonchev–Trinajstić information content (AvgIpc) is 2.64. The van der Waals surface area contributed by atoms with Crippen molar-refractivity contribution in [3.63, 3.8) is 0 Å². The van der Waals surface area contributed by atoms with E-state index in [1.54, 1.807) is 0 Å². The number of benzene rings is 3. The SMILES string of the molecule is Clc1ccc(-c2nnc(Cc3ccccc3)c3ccccc23)cc1. The first kappa shape index (κ1) is 14.9. The molecule has 0 saturated heterocycles. The maximum absolute atomic E-state index is 6.00. The van der Waals surface area contributed by atoms with Crippen LogP contribution in [0.5, 0.6) is 0 Å². The summed E-state index contributed by atoms with van der Waals surface area (Å²) in [5, 5.41) is 12.0. The number of aromatic nitrogens is 2. The summed E-state index contributed by atoms with van der Waals surface area (Å²) in [7, 11) is 0. The molecule has 3 heteroatoms. The van der Waals surface area contributed by atoms with E-state index < -0.39 is 0 Å². The number of nitrogens with zero attached hydrogens (tertiary/aromatic N) is 2. The van der Waals surface area contributed by atoms with Gasteiger partial charge in [-0.15, -0.1) is 5.10 Å². The molecule has 0 atom stereocenters. The zero-order valence-electron chi connectivity index (χ0n) is 13.0. The molecular weight excluding hydrogens is 316 g/mol. The van der Waals surface area contributed by atoms with E-state index in [1.807, 2.05) is 54.6 Å². The Kier molecular flexibility index (Phi) is 3.97. The third-order valence-corrected chi connectivity index (χ3v) is 4.35. The first-order chi connectivity index (χ1) is 11.8. The molecule has 0 aliphatic rings. The standard InChI is InChI=1S/C21H15ClN2/c22-17-12-10-16(11-13-17)21-19-9-5-4-8-18(19)20(23-24-21)14-15-6-2-1-3-7-15/h1-13H,14H2. The fourth-order valence-corrected chi connectivity index (χ4v) is 3.03. The molecular formula is C21H15ClN2. The fourth-order valence-electron chi connectivity index (χ4n) is 2.90. The fraction of sp³-hybridized carbons (Fsp3) is 0.0476. The van der Waals surface area contributed by atoms with Crippen molar-refractivity contribution in [1.29, 1.82) is 0 Å². The van der Waals surface area contributed by atoms with Gasteiger partial charge in [0.05, 0.1) is 5.69 Å². The van der Waals surface area contributed by atoms with Crippen LogP contribution >= 0.6 is 11.6 Å². The van der Waals surface area contributed by atoms with E-state index in [2.05, 4.69) is 34.5 Å². The molecule has 0 bridgehead atoms. The van der Waals surface area contributed by atoms with Gasteiger partial charge in [-0.1, -0.05) is 78.3 Å². The molecule has 0 fully saturated rings. The Morgan fingerprint density at radius 2 is 1.33 bits per heavy atom. The number of fused-ring (bicyclic) bond motifs is 1. The van der Waals surface area contributed by atoms with Crippen LogP contribution in [0, 0.1) is 0 Å². The molecule has 0 aliphatic heterocycles. The molecule has 116 valence electrons. The third-order valence-electron chi connectivity index (χ3n) is 4.10. The molecule has 0 aliphatic carbocycles. The van der Waals surface area contributed by atoms with Crippen molar-refractivity contribution in [3.05, 3.63) is 95.1 Å². The molecule has 24 heavy (non-hydrogen) atoms. The minimum absolute atomic E-state index is 0.719. The van der Waals surface area contributed by atoms with Gasteiger partial charge in [0.2, 0.25) is 0 Å². The second kappa shape index (κ2) is 6.42. The molecule has 4 rings (SSSR count). The van der Waals surface area contributed by atoms with Gasteiger partial charge in [-0.3, -0.25) is 0 Å². The predicted molar refractivity (Wildman–Crippen MR) is 99.2 cm³/mol. The lowest BCUT2D eigenvalue weighted by Gasteiger charge is -2.09. The summed E-state index contributed by atoms with van der Waals surface area (Å²) in [6.45, 7) is 0. The van der Waals surface area contributed by atoms with Crippen molar-refractivity contribution in [2.24, 2.45) is 0 Å². The predicted octanol–water partition coefficient (Wildman–Crippen LogP) is 5.54. The maximum Gasteiger partial charge on any atom is 0.101 e. The third kappa shape index (κ3) is 2.89. The molecule has 0 N–H and O–H groups in total. The second-order valence-electron chi connectivity index (χ2n) is 5.71. The summed E-state index contributed by atoms with van der Waals surface area (Å²) < 4.78 is 0. The molecule has 1 heterocycles. The van der Waals surface area contributed by atoms with Crippen LogP contribution in [0.15, 0.2) is 78.9 Å². The van der Waals surface area contributed by atoms with Gasteiger partial charge < -0.3 is 0 Å². The van der Waals surface area contributed by atoms with Crippen LogP contribution in [0.25, 0.3) is 22.0 Å². The molecule has 0 saturated carbocycles. The van der Waals surface area contributed by atoms with Crippen molar-refractivity contribution in [1.82, 2.24) is 10.2 Å². The van der Waals surface area contributed by atoms with Gasteiger partial charge >= 0.3 is 0 Å².